The molecular weight excluding hydrogens is 306 g/mol. The van der Waals surface area contributed by atoms with Crippen molar-refractivity contribution >= 4 is 5.91 Å². The van der Waals surface area contributed by atoms with Gasteiger partial charge in [0.15, 0.2) is 0 Å². The quantitative estimate of drug-likeness (QED) is 0.839. The molecule has 1 fully saturated rings. The maximum absolute atomic E-state index is 12.5. The van der Waals surface area contributed by atoms with Crippen molar-refractivity contribution in [3.05, 3.63) is 30.4 Å². The minimum Gasteiger partial charge on any atom is -0.344 e. The molecule has 0 aliphatic carbocycles. The molecule has 2 atom stereocenters. The first-order valence-electron chi connectivity index (χ1n) is 8.31. The number of hydrogen-bond donors (Lipinski definition) is 2. The van der Waals surface area contributed by atoms with Crippen molar-refractivity contribution in [2.24, 2.45) is 17.8 Å². The Morgan fingerprint density at radius 3 is 2.75 bits per heavy atom. The molecule has 3 rings (SSSR count). The highest BCUT2D eigenvalue weighted by atomic mass is 16.5. The zero-order valence-corrected chi connectivity index (χ0v) is 14.2. The van der Waals surface area contributed by atoms with Crippen LogP contribution < -0.4 is 10.6 Å². The van der Waals surface area contributed by atoms with Gasteiger partial charge in [0, 0.05) is 23.9 Å². The first-order chi connectivity index (χ1) is 11.6. The van der Waals surface area contributed by atoms with E-state index in [9.17, 15) is 4.79 Å². The summed E-state index contributed by atoms with van der Waals surface area (Å²) in [5.41, 5.74) is 0.787. The number of pyridine rings is 1. The van der Waals surface area contributed by atoms with Gasteiger partial charge in [-0.2, -0.15) is 4.98 Å². The van der Waals surface area contributed by atoms with Gasteiger partial charge in [0.2, 0.25) is 17.6 Å². The van der Waals surface area contributed by atoms with Crippen LogP contribution in [0, 0.1) is 17.8 Å². The van der Waals surface area contributed by atoms with Crippen LogP contribution in [0.1, 0.15) is 32.7 Å². The molecule has 3 heterocycles. The Hall–Kier alpha value is -2.28. The Kier molecular flexibility index (Phi) is 4.89. The number of nitrogens with one attached hydrogen (secondary N) is 2. The molecule has 128 valence electrons. The van der Waals surface area contributed by atoms with Crippen molar-refractivity contribution in [3.8, 4) is 11.4 Å². The highest BCUT2D eigenvalue weighted by Crippen LogP contribution is 2.25. The van der Waals surface area contributed by atoms with Gasteiger partial charge in [0.1, 0.15) is 6.04 Å². The summed E-state index contributed by atoms with van der Waals surface area (Å²) in [4.78, 5) is 21.0. The Bertz CT molecular complexity index is 681. The molecule has 0 saturated carbocycles. The summed E-state index contributed by atoms with van der Waals surface area (Å²) >= 11 is 0. The van der Waals surface area contributed by atoms with Gasteiger partial charge < -0.3 is 15.2 Å². The van der Waals surface area contributed by atoms with Crippen LogP contribution in [0.25, 0.3) is 11.4 Å². The monoisotopic (exact) mass is 329 g/mol. The lowest BCUT2D eigenvalue weighted by atomic mass is 9.88. The Morgan fingerprint density at radius 2 is 2.17 bits per heavy atom. The second kappa shape index (κ2) is 7.09. The van der Waals surface area contributed by atoms with Crippen molar-refractivity contribution < 1.29 is 9.32 Å². The SMILES string of the molecule is CC(C)C(NC(=O)C(C)C1CNC1)c1nc(-c2cccnc2)no1. The highest BCUT2D eigenvalue weighted by Gasteiger charge is 2.32. The first-order valence-corrected chi connectivity index (χ1v) is 8.31. The molecule has 1 saturated heterocycles. The van der Waals surface area contributed by atoms with E-state index in [1.165, 1.54) is 0 Å². The summed E-state index contributed by atoms with van der Waals surface area (Å²) in [7, 11) is 0. The van der Waals surface area contributed by atoms with Crippen molar-refractivity contribution in [2.45, 2.75) is 26.8 Å². The molecule has 0 bridgehead atoms. The van der Waals surface area contributed by atoms with E-state index >= 15 is 0 Å². The first kappa shape index (κ1) is 16.6. The maximum Gasteiger partial charge on any atom is 0.249 e. The number of nitrogens with zero attached hydrogens (tertiary/aromatic N) is 3. The minimum absolute atomic E-state index is 0.0290. The van der Waals surface area contributed by atoms with E-state index in [2.05, 4.69) is 25.8 Å². The summed E-state index contributed by atoms with van der Waals surface area (Å²) in [5.74, 6) is 1.44. The molecule has 1 amide bonds. The van der Waals surface area contributed by atoms with E-state index in [4.69, 9.17) is 4.52 Å². The Morgan fingerprint density at radius 1 is 1.38 bits per heavy atom. The number of carbonyl (C=O) groups is 1. The second-order valence-corrected chi connectivity index (χ2v) is 6.64. The molecule has 1 aliphatic rings. The molecular formula is C17H23N5O2. The van der Waals surface area contributed by atoms with Crippen molar-refractivity contribution in [3.63, 3.8) is 0 Å². The molecule has 1 aliphatic heterocycles. The second-order valence-electron chi connectivity index (χ2n) is 6.64. The van der Waals surface area contributed by atoms with Crippen LogP contribution in [0.3, 0.4) is 0 Å². The van der Waals surface area contributed by atoms with Gasteiger partial charge in [-0.15, -0.1) is 0 Å². The molecule has 2 aromatic heterocycles. The molecule has 0 radical (unpaired) electrons. The predicted octanol–water partition coefficient (Wildman–Crippen LogP) is 1.80. The van der Waals surface area contributed by atoms with Crippen LogP contribution >= 0.6 is 0 Å². The number of amides is 1. The summed E-state index contributed by atoms with van der Waals surface area (Å²) in [6, 6.07) is 3.39. The van der Waals surface area contributed by atoms with Gasteiger partial charge in [0.25, 0.3) is 0 Å². The van der Waals surface area contributed by atoms with E-state index < -0.39 is 0 Å². The number of hydrogen-bond acceptors (Lipinski definition) is 6. The van der Waals surface area contributed by atoms with E-state index in [0.29, 0.717) is 17.6 Å². The van der Waals surface area contributed by atoms with E-state index in [1.54, 1.807) is 12.4 Å². The lowest BCUT2D eigenvalue weighted by molar-refractivity contribution is -0.128. The van der Waals surface area contributed by atoms with Crippen LogP contribution in [0.15, 0.2) is 29.0 Å². The highest BCUT2D eigenvalue weighted by molar-refractivity contribution is 5.79. The van der Waals surface area contributed by atoms with Crippen molar-refractivity contribution in [1.82, 2.24) is 25.8 Å². The van der Waals surface area contributed by atoms with E-state index in [-0.39, 0.29) is 23.8 Å². The maximum atomic E-state index is 12.5. The molecule has 0 aromatic carbocycles. The van der Waals surface area contributed by atoms with E-state index in [0.717, 1.165) is 18.7 Å². The van der Waals surface area contributed by atoms with Gasteiger partial charge in [-0.05, 0) is 37.1 Å². The fraction of sp³-hybridized carbons (Fsp3) is 0.529. The number of rotatable bonds is 6. The smallest absolute Gasteiger partial charge is 0.249 e. The molecule has 2 N–H and O–H groups in total. The molecule has 0 spiro atoms. The van der Waals surface area contributed by atoms with Crippen LogP contribution in [0.2, 0.25) is 0 Å². The van der Waals surface area contributed by atoms with Crippen LogP contribution in [-0.2, 0) is 4.79 Å². The molecule has 7 heteroatoms. The summed E-state index contributed by atoms with van der Waals surface area (Å²) < 4.78 is 5.41. The Balaban J connectivity index is 1.74. The van der Waals surface area contributed by atoms with Crippen molar-refractivity contribution in [2.75, 3.05) is 13.1 Å². The topological polar surface area (TPSA) is 92.9 Å². The Labute approximate surface area is 141 Å². The van der Waals surface area contributed by atoms with Crippen LogP contribution in [-0.4, -0.2) is 34.1 Å². The largest absolute Gasteiger partial charge is 0.344 e. The molecule has 2 aromatic rings. The lowest BCUT2D eigenvalue weighted by Crippen LogP contribution is -2.50. The van der Waals surface area contributed by atoms with E-state index in [1.807, 2.05) is 32.9 Å². The van der Waals surface area contributed by atoms with Crippen LogP contribution in [0.4, 0.5) is 0 Å². The summed E-state index contributed by atoms with van der Waals surface area (Å²) in [6.07, 6.45) is 3.38. The fourth-order valence-electron chi connectivity index (χ4n) is 2.65. The zero-order valence-electron chi connectivity index (χ0n) is 14.2. The normalized spacial score (nSPS) is 17.3. The molecule has 7 nitrogen and oxygen atoms in total. The third-order valence-electron chi connectivity index (χ3n) is 4.53. The van der Waals surface area contributed by atoms with Gasteiger partial charge in [-0.25, -0.2) is 0 Å². The summed E-state index contributed by atoms with van der Waals surface area (Å²) in [5, 5.41) is 10.3. The fourth-order valence-corrected chi connectivity index (χ4v) is 2.65. The van der Waals surface area contributed by atoms with Gasteiger partial charge in [-0.1, -0.05) is 25.9 Å². The van der Waals surface area contributed by atoms with Gasteiger partial charge in [0.05, 0.1) is 0 Å². The number of carbonyl (C=O) groups excluding carboxylic acids is 1. The third-order valence-corrected chi connectivity index (χ3v) is 4.53. The average molecular weight is 329 g/mol. The molecule has 24 heavy (non-hydrogen) atoms. The zero-order chi connectivity index (χ0) is 17.1. The molecule has 2 unspecified atom stereocenters. The third kappa shape index (κ3) is 3.46. The average Bonchev–Trinajstić information content (AvgIpc) is 3.00. The predicted molar refractivity (Wildman–Crippen MR) is 88.8 cm³/mol. The van der Waals surface area contributed by atoms with Crippen molar-refractivity contribution in [1.29, 1.82) is 0 Å². The lowest BCUT2D eigenvalue weighted by Gasteiger charge is -2.32. The van der Waals surface area contributed by atoms with Gasteiger partial charge in [-0.3, -0.25) is 9.78 Å². The summed E-state index contributed by atoms with van der Waals surface area (Å²) in [6.45, 7) is 7.80. The van der Waals surface area contributed by atoms with Gasteiger partial charge >= 0.3 is 0 Å². The number of aromatic nitrogens is 3. The van der Waals surface area contributed by atoms with Crippen LogP contribution in [0.5, 0.6) is 0 Å². The standard InChI is InChI=1S/C17H23N5O2/c1-10(2)14(20-16(23)11(3)13-8-19-9-13)17-21-15(22-24-17)12-5-4-6-18-7-12/h4-7,10-11,13-14,19H,8-9H2,1-3H3,(H,20,23). The minimum atomic E-state index is -0.300.